The van der Waals surface area contributed by atoms with Crippen molar-refractivity contribution in [3.63, 3.8) is 0 Å². The first-order valence-corrected chi connectivity index (χ1v) is 6.79. The van der Waals surface area contributed by atoms with Crippen molar-refractivity contribution in [2.24, 2.45) is 5.73 Å². The predicted molar refractivity (Wildman–Crippen MR) is 72.7 cm³/mol. The molecule has 3 heteroatoms. The van der Waals surface area contributed by atoms with Gasteiger partial charge in [0.1, 0.15) is 5.75 Å². The molecule has 0 radical (unpaired) electrons. The molecule has 100 valence electrons. The van der Waals surface area contributed by atoms with Gasteiger partial charge in [-0.2, -0.15) is 0 Å². The van der Waals surface area contributed by atoms with E-state index in [1.165, 1.54) is 0 Å². The number of benzene rings is 1. The minimum atomic E-state index is 0.0313. The minimum Gasteiger partial charge on any atom is -0.491 e. The molecule has 2 atom stereocenters. The normalized spacial score (nSPS) is 21.2. The zero-order valence-corrected chi connectivity index (χ0v) is 11.3. The zero-order valence-electron chi connectivity index (χ0n) is 11.3. The highest BCUT2D eigenvalue weighted by molar-refractivity contribution is 5.30. The molecular weight excluding hydrogens is 226 g/mol. The highest BCUT2D eigenvalue weighted by atomic mass is 16.5. The SMILES string of the molecule is CC(C)Oc1cccc(C(N)CC2CCCO2)c1. The maximum absolute atomic E-state index is 6.24. The van der Waals surface area contributed by atoms with Crippen LogP contribution in [-0.4, -0.2) is 18.8 Å². The van der Waals surface area contributed by atoms with Crippen LogP contribution < -0.4 is 10.5 Å². The molecule has 1 aromatic carbocycles. The van der Waals surface area contributed by atoms with Crippen LogP contribution >= 0.6 is 0 Å². The fourth-order valence-electron chi connectivity index (χ4n) is 2.34. The molecule has 0 amide bonds. The van der Waals surface area contributed by atoms with Gasteiger partial charge in [-0.3, -0.25) is 0 Å². The third-order valence-corrected chi connectivity index (χ3v) is 3.20. The molecule has 0 aromatic heterocycles. The first-order valence-electron chi connectivity index (χ1n) is 6.79. The van der Waals surface area contributed by atoms with Crippen LogP contribution in [0.1, 0.15) is 44.7 Å². The van der Waals surface area contributed by atoms with Crippen LogP contribution in [0.15, 0.2) is 24.3 Å². The monoisotopic (exact) mass is 249 g/mol. The second kappa shape index (κ2) is 6.21. The molecule has 1 aliphatic rings. The van der Waals surface area contributed by atoms with Crippen molar-refractivity contribution in [3.8, 4) is 5.75 Å². The van der Waals surface area contributed by atoms with E-state index in [2.05, 4.69) is 6.07 Å². The molecule has 18 heavy (non-hydrogen) atoms. The second-order valence-electron chi connectivity index (χ2n) is 5.22. The molecule has 3 nitrogen and oxygen atoms in total. The van der Waals surface area contributed by atoms with Crippen LogP contribution in [0.25, 0.3) is 0 Å². The number of hydrogen-bond donors (Lipinski definition) is 1. The van der Waals surface area contributed by atoms with E-state index in [4.69, 9.17) is 15.2 Å². The van der Waals surface area contributed by atoms with Crippen molar-refractivity contribution in [1.29, 1.82) is 0 Å². The average molecular weight is 249 g/mol. The Morgan fingerprint density at radius 3 is 2.94 bits per heavy atom. The van der Waals surface area contributed by atoms with Crippen LogP contribution in [0.4, 0.5) is 0 Å². The van der Waals surface area contributed by atoms with Gasteiger partial charge in [0.05, 0.1) is 12.2 Å². The molecule has 1 aliphatic heterocycles. The molecular formula is C15H23NO2. The molecule has 0 aliphatic carbocycles. The molecule has 0 saturated carbocycles. The van der Waals surface area contributed by atoms with Gasteiger partial charge < -0.3 is 15.2 Å². The highest BCUT2D eigenvalue weighted by Crippen LogP contribution is 2.25. The Kier molecular flexibility index (Phi) is 4.61. The van der Waals surface area contributed by atoms with Crippen molar-refractivity contribution >= 4 is 0 Å². The van der Waals surface area contributed by atoms with Gasteiger partial charge in [-0.1, -0.05) is 12.1 Å². The maximum Gasteiger partial charge on any atom is 0.120 e. The van der Waals surface area contributed by atoms with E-state index >= 15 is 0 Å². The van der Waals surface area contributed by atoms with Crippen molar-refractivity contribution in [1.82, 2.24) is 0 Å². The quantitative estimate of drug-likeness (QED) is 0.872. The third kappa shape index (κ3) is 3.72. The van der Waals surface area contributed by atoms with E-state index in [0.29, 0.717) is 6.10 Å². The number of rotatable bonds is 5. The van der Waals surface area contributed by atoms with Crippen LogP contribution in [0.2, 0.25) is 0 Å². The Labute approximate surface area is 109 Å². The van der Waals surface area contributed by atoms with Crippen molar-refractivity contribution < 1.29 is 9.47 Å². The Hall–Kier alpha value is -1.06. The zero-order chi connectivity index (χ0) is 13.0. The van der Waals surface area contributed by atoms with Crippen LogP contribution in [-0.2, 0) is 4.74 Å². The minimum absolute atomic E-state index is 0.0313. The lowest BCUT2D eigenvalue weighted by atomic mass is 10.00. The van der Waals surface area contributed by atoms with E-state index < -0.39 is 0 Å². The van der Waals surface area contributed by atoms with Gasteiger partial charge in [0.25, 0.3) is 0 Å². The molecule has 2 N–H and O–H groups in total. The summed E-state index contributed by atoms with van der Waals surface area (Å²) in [6.07, 6.45) is 3.71. The number of nitrogens with two attached hydrogens (primary N) is 1. The lowest BCUT2D eigenvalue weighted by Crippen LogP contribution is -2.18. The summed E-state index contributed by atoms with van der Waals surface area (Å²) in [5.41, 5.74) is 7.37. The van der Waals surface area contributed by atoms with Gasteiger partial charge in [-0.15, -0.1) is 0 Å². The molecule has 1 heterocycles. The lowest BCUT2D eigenvalue weighted by molar-refractivity contribution is 0.0983. The molecule has 1 aromatic rings. The van der Waals surface area contributed by atoms with Crippen molar-refractivity contribution in [3.05, 3.63) is 29.8 Å². The summed E-state index contributed by atoms with van der Waals surface area (Å²) in [7, 11) is 0. The fourth-order valence-corrected chi connectivity index (χ4v) is 2.34. The van der Waals surface area contributed by atoms with Crippen molar-refractivity contribution in [2.75, 3.05) is 6.61 Å². The predicted octanol–water partition coefficient (Wildman–Crippen LogP) is 3.04. The molecule has 1 fully saturated rings. The van der Waals surface area contributed by atoms with Crippen LogP contribution in [0.3, 0.4) is 0 Å². The second-order valence-corrected chi connectivity index (χ2v) is 5.22. The first kappa shape index (κ1) is 13.4. The molecule has 0 spiro atoms. The van der Waals surface area contributed by atoms with Crippen LogP contribution in [0, 0.1) is 0 Å². The van der Waals surface area contributed by atoms with Crippen molar-refractivity contribution in [2.45, 2.75) is 51.4 Å². The topological polar surface area (TPSA) is 44.5 Å². The summed E-state index contributed by atoms with van der Waals surface area (Å²) in [4.78, 5) is 0. The summed E-state index contributed by atoms with van der Waals surface area (Å²) < 4.78 is 11.3. The molecule has 2 unspecified atom stereocenters. The lowest BCUT2D eigenvalue weighted by Gasteiger charge is -2.18. The smallest absolute Gasteiger partial charge is 0.120 e. The van der Waals surface area contributed by atoms with E-state index in [0.717, 1.165) is 37.2 Å². The standard InChI is InChI=1S/C15H23NO2/c1-11(2)18-14-6-3-5-12(9-14)15(16)10-13-7-4-8-17-13/h3,5-6,9,11,13,15H,4,7-8,10,16H2,1-2H3. The summed E-state index contributed by atoms with van der Waals surface area (Å²) in [6, 6.07) is 8.11. The Balaban J connectivity index is 1.98. The molecule has 0 bridgehead atoms. The van der Waals surface area contributed by atoms with E-state index in [9.17, 15) is 0 Å². The van der Waals surface area contributed by atoms with Gasteiger partial charge in [-0.25, -0.2) is 0 Å². The Morgan fingerprint density at radius 1 is 1.44 bits per heavy atom. The number of ether oxygens (including phenoxy) is 2. The fraction of sp³-hybridized carbons (Fsp3) is 0.600. The average Bonchev–Trinajstić information content (AvgIpc) is 2.81. The highest BCUT2D eigenvalue weighted by Gasteiger charge is 2.19. The van der Waals surface area contributed by atoms with Gasteiger partial charge in [-0.05, 0) is 50.8 Å². The molecule has 1 saturated heterocycles. The number of hydrogen-bond acceptors (Lipinski definition) is 3. The third-order valence-electron chi connectivity index (χ3n) is 3.20. The van der Waals surface area contributed by atoms with Crippen LogP contribution in [0.5, 0.6) is 5.75 Å². The summed E-state index contributed by atoms with van der Waals surface area (Å²) in [5, 5.41) is 0. The Morgan fingerprint density at radius 2 is 2.28 bits per heavy atom. The largest absolute Gasteiger partial charge is 0.491 e. The van der Waals surface area contributed by atoms with Gasteiger partial charge in [0, 0.05) is 12.6 Å². The van der Waals surface area contributed by atoms with Gasteiger partial charge in [0.2, 0.25) is 0 Å². The van der Waals surface area contributed by atoms with Gasteiger partial charge in [0.15, 0.2) is 0 Å². The summed E-state index contributed by atoms with van der Waals surface area (Å²) >= 11 is 0. The summed E-state index contributed by atoms with van der Waals surface area (Å²) in [6.45, 7) is 4.94. The van der Waals surface area contributed by atoms with Gasteiger partial charge >= 0.3 is 0 Å². The maximum atomic E-state index is 6.24. The molecule has 2 rings (SSSR count). The van der Waals surface area contributed by atoms with E-state index in [-0.39, 0.29) is 12.1 Å². The summed E-state index contributed by atoms with van der Waals surface area (Å²) in [5.74, 6) is 0.894. The van der Waals surface area contributed by atoms with E-state index in [1.54, 1.807) is 0 Å². The first-order chi connectivity index (χ1) is 8.65. The van der Waals surface area contributed by atoms with E-state index in [1.807, 2.05) is 32.0 Å². The Bertz CT molecular complexity index is 373.